The Morgan fingerprint density at radius 2 is 0.982 bits per heavy atom. The van der Waals surface area contributed by atoms with Crippen LogP contribution in [0.2, 0.25) is 0 Å². The van der Waals surface area contributed by atoms with Crippen LogP contribution in [-0.2, 0) is 24.7 Å². The Balaban J connectivity index is 1.75. The molecule has 4 nitrogen and oxygen atoms in total. The molecule has 1 heterocycles. The van der Waals surface area contributed by atoms with Gasteiger partial charge in [0.2, 0.25) is 9.84 Å². The normalized spacial score (nSPS) is 13.0. The molecular weight excluding hydrogens is 729 g/mol. The van der Waals surface area contributed by atoms with Crippen molar-refractivity contribution in [2.45, 2.75) is 102 Å². The van der Waals surface area contributed by atoms with Gasteiger partial charge in [-0.1, -0.05) is 136 Å². The molecule has 6 heteroatoms. The molecule has 0 N–H and O–H groups in total. The third-order valence-corrected chi connectivity index (χ3v) is 15.1. The first-order chi connectivity index (χ1) is 26.3. The van der Waals surface area contributed by atoms with E-state index in [-0.39, 0.29) is 34.0 Å². The first-order valence-corrected chi connectivity index (χ1v) is 22.0. The van der Waals surface area contributed by atoms with Gasteiger partial charge in [0.15, 0.2) is 0 Å². The smallest absolute Gasteiger partial charge is 0.215 e. The lowest BCUT2D eigenvalue weighted by atomic mass is 9.79. The van der Waals surface area contributed by atoms with Crippen LogP contribution in [0, 0.1) is 47.4 Å². The van der Waals surface area contributed by atoms with Gasteiger partial charge in [-0.25, -0.2) is 8.42 Å². The highest BCUT2D eigenvalue weighted by atomic mass is 32.2. The summed E-state index contributed by atoms with van der Waals surface area (Å²) in [7, 11) is -0.289. The summed E-state index contributed by atoms with van der Waals surface area (Å²) in [5.41, 5.74) is 1.37. The zero-order chi connectivity index (χ0) is 41.0. The van der Waals surface area contributed by atoms with Crippen molar-refractivity contribution in [2.75, 3.05) is 14.2 Å². The van der Waals surface area contributed by atoms with Crippen LogP contribution in [0.4, 0.5) is 0 Å². The number of hydrogen-bond acceptors (Lipinski definition) is 5. The van der Waals surface area contributed by atoms with Crippen molar-refractivity contribution in [2.24, 2.45) is 23.7 Å². The molecule has 0 spiro atoms. The summed E-state index contributed by atoms with van der Waals surface area (Å²) >= 11 is 1.30. The van der Waals surface area contributed by atoms with Crippen LogP contribution < -0.4 is 0 Å². The van der Waals surface area contributed by atoms with Crippen molar-refractivity contribution in [1.82, 2.24) is 0 Å². The van der Waals surface area contributed by atoms with Gasteiger partial charge in [-0.05, 0) is 109 Å². The molecule has 0 aliphatic rings. The Bertz CT molecular complexity index is 2520. The van der Waals surface area contributed by atoms with E-state index >= 15 is 0 Å². The number of hydrogen-bond donors (Lipinski definition) is 0. The second-order valence-corrected chi connectivity index (χ2v) is 20.6. The van der Waals surface area contributed by atoms with E-state index in [1.165, 1.54) is 11.3 Å². The van der Waals surface area contributed by atoms with E-state index in [0.29, 0.717) is 4.21 Å². The van der Waals surface area contributed by atoms with Gasteiger partial charge in [-0.3, -0.25) is 0 Å². The zero-order valence-electron chi connectivity index (χ0n) is 35.3. The summed E-state index contributed by atoms with van der Waals surface area (Å²) < 4.78 is 42.0. The minimum absolute atomic E-state index is 0.0862. The average molecular weight is 785 g/mol. The van der Waals surface area contributed by atoms with Gasteiger partial charge in [-0.15, -0.1) is 11.3 Å². The summed E-state index contributed by atoms with van der Waals surface area (Å²) in [6.45, 7) is 23.6. The van der Waals surface area contributed by atoms with E-state index < -0.39 is 21.0 Å². The fraction of sp³-hybridized carbons (Fsp3) is 0.400. The summed E-state index contributed by atoms with van der Waals surface area (Å²) in [5.74, 6) is 15.2. The van der Waals surface area contributed by atoms with Crippen LogP contribution in [-0.4, -0.2) is 33.8 Å². The first kappa shape index (κ1) is 41.5. The highest BCUT2D eigenvalue weighted by molar-refractivity contribution is 7.93. The predicted octanol–water partition coefficient (Wildman–Crippen LogP) is 12.6. The fourth-order valence-electron chi connectivity index (χ4n) is 8.35. The van der Waals surface area contributed by atoms with Gasteiger partial charge < -0.3 is 9.47 Å². The molecule has 0 amide bonds. The van der Waals surface area contributed by atoms with Crippen LogP contribution in [0.3, 0.4) is 0 Å². The van der Waals surface area contributed by atoms with Crippen molar-refractivity contribution in [3.63, 3.8) is 0 Å². The lowest BCUT2D eigenvalue weighted by Crippen LogP contribution is -2.41. The van der Waals surface area contributed by atoms with E-state index in [2.05, 4.69) is 148 Å². The SMILES string of the molecule is COC(C#Cc1c2cc3ccccc3cc2c(C#CC(OC)(C(C)C)C(C)C)c2cc3sc(S(=O)(=O)c4ccc(C(C)(C)C)cc4)cc3cc12)(C(C)C)C(C)C. The van der Waals surface area contributed by atoms with Crippen LogP contribution in [0.25, 0.3) is 42.4 Å². The van der Waals surface area contributed by atoms with Crippen molar-refractivity contribution >= 4 is 63.6 Å². The molecule has 0 unspecified atom stereocenters. The largest absolute Gasteiger partial charge is 0.365 e. The predicted molar refractivity (Wildman–Crippen MR) is 238 cm³/mol. The molecule has 292 valence electrons. The molecular formula is C50H56O4S2. The van der Waals surface area contributed by atoms with Crippen molar-refractivity contribution in [1.29, 1.82) is 0 Å². The molecule has 0 fully saturated rings. The van der Waals surface area contributed by atoms with Crippen LogP contribution >= 0.6 is 11.3 Å². The van der Waals surface area contributed by atoms with Crippen molar-refractivity contribution in [3.8, 4) is 23.7 Å². The van der Waals surface area contributed by atoms with Gasteiger partial charge in [0, 0.05) is 35.4 Å². The molecule has 5 aromatic carbocycles. The molecule has 0 aliphatic heterocycles. The van der Waals surface area contributed by atoms with Crippen LogP contribution in [0.5, 0.6) is 0 Å². The Hall–Kier alpha value is -4.17. The maximum absolute atomic E-state index is 14.2. The Labute approximate surface area is 338 Å². The highest BCUT2D eigenvalue weighted by Gasteiger charge is 2.37. The monoisotopic (exact) mass is 784 g/mol. The molecule has 0 aliphatic carbocycles. The molecule has 0 atom stereocenters. The molecule has 56 heavy (non-hydrogen) atoms. The van der Waals surface area contributed by atoms with E-state index in [9.17, 15) is 8.42 Å². The average Bonchev–Trinajstić information content (AvgIpc) is 3.58. The number of ether oxygens (including phenoxy) is 2. The standard InChI is InChI=1S/C50H56O4S2/c1-31(2)49(53-12,32(3)4)24-22-40-42-26-35-16-14-15-17-36(35)27-43(42)41(23-25-50(54-13,33(5)6)34(7)8)45-30-46-37(28-44(40)45)29-47(55-46)56(51,52)39-20-18-38(19-21-39)48(9,10)11/h14-21,26-34H,1-13H3. The van der Waals surface area contributed by atoms with Gasteiger partial charge in [0.1, 0.15) is 15.4 Å². The third-order valence-electron chi connectivity index (χ3n) is 11.8. The second-order valence-electron chi connectivity index (χ2n) is 17.4. The summed E-state index contributed by atoms with van der Waals surface area (Å²) in [4.78, 5) is 0.286. The molecule has 6 aromatic rings. The van der Waals surface area contributed by atoms with Gasteiger partial charge >= 0.3 is 0 Å². The lowest BCUT2D eigenvalue weighted by Gasteiger charge is -2.35. The van der Waals surface area contributed by atoms with E-state index in [1.54, 1.807) is 26.4 Å². The molecule has 0 bridgehead atoms. The fourth-order valence-corrected chi connectivity index (χ4v) is 11.2. The van der Waals surface area contributed by atoms with Gasteiger partial charge in [0.05, 0.1) is 4.90 Å². The first-order valence-electron chi connectivity index (χ1n) is 19.7. The molecule has 0 radical (unpaired) electrons. The van der Waals surface area contributed by atoms with E-state index in [1.807, 2.05) is 18.2 Å². The van der Waals surface area contributed by atoms with E-state index in [4.69, 9.17) is 9.47 Å². The quantitative estimate of drug-likeness (QED) is 0.114. The lowest BCUT2D eigenvalue weighted by molar-refractivity contribution is -0.0338. The zero-order valence-corrected chi connectivity index (χ0v) is 36.9. The van der Waals surface area contributed by atoms with Crippen molar-refractivity contribution in [3.05, 3.63) is 95.6 Å². The molecule has 0 saturated heterocycles. The number of methoxy groups -OCH3 is 2. The van der Waals surface area contributed by atoms with E-state index in [0.717, 1.165) is 59.1 Å². The van der Waals surface area contributed by atoms with Crippen LogP contribution in [0.15, 0.2) is 88.0 Å². The molecule has 6 rings (SSSR count). The Morgan fingerprint density at radius 1 is 0.571 bits per heavy atom. The van der Waals surface area contributed by atoms with Crippen LogP contribution in [0.1, 0.15) is 92.9 Å². The Morgan fingerprint density at radius 3 is 1.38 bits per heavy atom. The molecule has 1 aromatic heterocycles. The second kappa shape index (κ2) is 15.3. The minimum Gasteiger partial charge on any atom is -0.365 e. The highest BCUT2D eigenvalue weighted by Crippen LogP contribution is 2.42. The van der Waals surface area contributed by atoms with Gasteiger partial charge in [-0.2, -0.15) is 0 Å². The minimum atomic E-state index is -3.78. The number of sulfone groups is 1. The molecule has 0 saturated carbocycles. The summed E-state index contributed by atoms with van der Waals surface area (Å²) in [6, 6.07) is 26.2. The summed E-state index contributed by atoms with van der Waals surface area (Å²) in [6.07, 6.45) is 0. The van der Waals surface area contributed by atoms with Gasteiger partial charge in [0.25, 0.3) is 0 Å². The summed E-state index contributed by atoms with van der Waals surface area (Å²) in [5, 5.41) is 6.87. The topological polar surface area (TPSA) is 52.6 Å². The number of rotatable bonds is 8. The number of fused-ring (bicyclic) bond motifs is 4. The maximum atomic E-state index is 14.2. The number of benzene rings is 5. The van der Waals surface area contributed by atoms with Crippen molar-refractivity contribution < 1.29 is 17.9 Å². The maximum Gasteiger partial charge on any atom is 0.215 e. The Kier molecular flexibility index (Phi) is 11.3. The third kappa shape index (κ3) is 7.16. The number of thiophene rings is 1.